The number of aryl methyl sites for hydroxylation is 3. The number of amides is 1. The third-order valence-electron chi connectivity index (χ3n) is 6.16. The van der Waals surface area contributed by atoms with Crippen LogP contribution in [-0.4, -0.2) is 34.2 Å². The second-order valence-corrected chi connectivity index (χ2v) is 12.0. The van der Waals surface area contributed by atoms with Gasteiger partial charge in [-0.25, -0.2) is 18.8 Å². The minimum atomic E-state index is -3.81. The topological polar surface area (TPSA) is 109 Å². The minimum Gasteiger partial charge on any atom is -0.459 e. The molecule has 2 aromatic carbocycles. The van der Waals surface area contributed by atoms with Gasteiger partial charge in [-0.3, -0.25) is 9.20 Å². The zero-order valence-corrected chi connectivity index (χ0v) is 23.3. The van der Waals surface area contributed by atoms with Gasteiger partial charge in [0, 0.05) is 18.1 Å². The van der Waals surface area contributed by atoms with Crippen LogP contribution in [0.15, 0.2) is 86.7 Å². The standard InChI is InChI=1S/C28H27N5O4S2/c1-19-4-8-22(9-5-19)17-32(39(35,36)25-12-6-20(2)7-13-25)18-24-11-10-23(37-24)16-29-31-27(34)26-21(3)30-28-33(26)14-15-38-28/h4-16H,17-18H2,1-3H3,(H,31,34)/b29-16-. The molecule has 0 aliphatic rings. The fourth-order valence-electron chi connectivity index (χ4n) is 4.08. The van der Waals surface area contributed by atoms with Crippen LogP contribution in [0.2, 0.25) is 0 Å². The molecule has 0 aliphatic heterocycles. The Balaban J connectivity index is 1.32. The molecule has 11 heteroatoms. The molecule has 3 heterocycles. The zero-order chi connectivity index (χ0) is 27.6. The molecule has 39 heavy (non-hydrogen) atoms. The van der Waals surface area contributed by atoms with Gasteiger partial charge in [-0.05, 0) is 50.6 Å². The van der Waals surface area contributed by atoms with Gasteiger partial charge in [0.05, 0.1) is 23.3 Å². The summed E-state index contributed by atoms with van der Waals surface area (Å²) in [6.07, 6.45) is 3.16. The summed E-state index contributed by atoms with van der Waals surface area (Å²) < 4.78 is 36.1. The summed E-state index contributed by atoms with van der Waals surface area (Å²) >= 11 is 1.44. The number of thiazole rings is 1. The van der Waals surface area contributed by atoms with Crippen LogP contribution in [0.3, 0.4) is 0 Å². The first-order valence-corrected chi connectivity index (χ1v) is 14.5. The van der Waals surface area contributed by atoms with E-state index in [-0.39, 0.29) is 18.0 Å². The highest BCUT2D eigenvalue weighted by molar-refractivity contribution is 7.89. The van der Waals surface area contributed by atoms with Crippen LogP contribution < -0.4 is 5.43 Å². The molecule has 3 aromatic heterocycles. The fraction of sp³-hybridized carbons (Fsp3) is 0.179. The maximum absolute atomic E-state index is 13.6. The van der Waals surface area contributed by atoms with Crippen molar-refractivity contribution >= 4 is 38.4 Å². The highest BCUT2D eigenvalue weighted by atomic mass is 32.2. The van der Waals surface area contributed by atoms with Crippen molar-refractivity contribution in [2.24, 2.45) is 5.10 Å². The lowest BCUT2D eigenvalue weighted by atomic mass is 10.1. The van der Waals surface area contributed by atoms with Crippen molar-refractivity contribution in [2.45, 2.75) is 38.8 Å². The second-order valence-electron chi connectivity index (χ2n) is 9.18. The average molecular weight is 562 g/mol. The number of benzene rings is 2. The van der Waals surface area contributed by atoms with Gasteiger partial charge >= 0.3 is 0 Å². The number of rotatable bonds is 9. The summed E-state index contributed by atoms with van der Waals surface area (Å²) in [7, 11) is -3.81. The summed E-state index contributed by atoms with van der Waals surface area (Å²) in [6.45, 7) is 5.87. The number of nitrogens with one attached hydrogen (secondary N) is 1. The van der Waals surface area contributed by atoms with E-state index in [0.29, 0.717) is 22.9 Å². The maximum Gasteiger partial charge on any atom is 0.290 e. The summed E-state index contributed by atoms with van der Waals surface area (Å²) in [4.78, 5) is 18.0. The first-order valence-electron chi connectivity index (χ1n) is 12.2. The average Bonchev–Trinajstić information content (AvgIpc) is 3.61. The van der Waals surface area contributed by atoms with Gasteiger partial charge in [-0.2, -0.15) is 9.41 Å². The Kier molecular flexibility index (Phi) is 7.47. The highest BCUT2D eigenvalue weighted by Gasteiger charge is 2.26. The molecule has 0 saturated carbocycles. The molecular formula is C28H27N5O4S2. The van der Waals surface area contributed by atoms with Gasteiger partial charge < -0.3 is 4.42 Å². The third kappa shape index (κ3) is 5.85. The van der Waals surface area contributed by atoms with Crippen molar-refractivity contribution in [3.8, 4) is 0 Å². The van der Waals surface area contributed by atoms with Crippen LogP contribution in [0.4, 0.5) is 0 Å². The summed E-state index contributed by atoms with van der Waals surface area (Å²) in [6, 6.07) is 17.9. The Bertz CT molecular complexity index is 1750. The van der Waals surface area contributed by atoms with E-state index < -0.39 is 15.9 Å². The van der Waals surface area contributed by atoms with Crippen molar-refractivity contribution in [3.63, 3.8) is 0 Å². The molecule has 0 saturated heterocycles. The summed E-state index contributed by atoms with van der Waals surface area (Å²) in [5.74, 6) is 0.422. The predicted octanol–water partition coefficient (Wildman–Crippen LogP) is 5.07. The van der Waals surface area contributed by atoms with E-state index in [1.165, 1.54) is 21.9 Å². The largest absolute Gasteiger partial charge is 0.459 e. The lowest BCUT2D eigenvalue weighted by molar-refractivity contribution is 0.0948. The molecule has 5 rings (SSSR count). The molecule has 0 bridgehead atoms. The molecule has 1 amide bonds. The highest BCUT2D eigenvalue weighted by Crippen LogP contribution is 2.23. The molecule has 0 aliphatic carbocycles. The number of nitrogens with zero attached hydrogens (tertiary/aromatic N) is 4. The van der Waals surface area contributed by atoms with E-state index in [9.17, 15) is 13.2 Å². The molecule has 0 radical (unpaired) electrons. The lowest BCUT2D eigenvalue weighted by Gasteiger charge is -2.21. The van der Waals surface area contributed by atoms with Crippen molar-refractivity contribution in [3.05, 3.63) is 112 Å². The Hall–Kier alpha value is -4.06. The Labute approximate surface area is 230 Å². The monoisotopic (exact) mass is 561 g/mol. The van der Waals surface area contributed by atoms with Crippen LogP contribution in [-0.2, 0) is 23.1 Å². The Morgan fingerprint density at radius 2 is 1.72 bits per heavy atom. The number of carbonyl (C=O) groups excluding carboxylic acids is 1. The Morgan fingerprint density at radius 1 is 1.03 bits per heavy atom. The first-order chi connectivity index (χ1) is 18.7. The first kappa shape index (κ1) is 26.5. The number of sulfonamides is 1. The van der Waals surface area contributed by atoms with Crippen LogP contribution in [0.25, 0.3) is 4.96 Å². The number of hydrogen-bond acceptors (Lipinski definition) is 7. The van der Waals surface area contributed by atoms with E-state index in [4.69, 9.17) is 4.42 Å². The summed E-state index contributed by atoms with van der Waals surface area (Å²) in [5, 5.41) is 5.87. The van der Waals surface area contributed by atoms with Crippen LogP contribution >= 0.6 is 11.3 Å². The molecule has 0 spiro atoms. The second kappa shape index (κ2) is 11.0. The predicted molar refractivity (Wildman–Crippen MR) is 150 cm³/mol. The molecule has 200 valence electrons. The van der Waals surface area contributed by atoms with Crippen LogP contribution in [0.5, 0.6) is 0 Å². The van der Waals surface area contributed by atoms with E-state index in [1.807, 2.05) is 43.5 Å². The molecule has 0 atom stereocenters. The summed E-state index contributed by atoms with van der Waals surface area (Å²) in [5.41, 5.74) is 6.46. The zero-order valence-electron chi connectivity index (χ0n) is 21.7. The number of imidazole rings is 1. The van der Waals surface area contributed by atoms with E-state index in [1.54, 1.807) is 53.9 Å². The molecule has 1 N–H and O–H groups in total. The number of carbonyl (C=O) groups is 1. The normalized spacial score (nSPS) is 12.1. The van der Waals surface area contributed by atoms with Crippen LogP contribution in [0, 0.1) is 20.8 Å². The minimum absolute atomic E-state index is 0.0233. The smallest absolute Gasteiger partial charge is 0.290 e. The van der Waals surface area contributed by atoms with Crippen molar-refractivity contribution in [2.75, 3.05) is 0 Å². The molecule has 9 nitrogen and oxygen atoms in total. The van der Waals surface area contributed by atoms with Crippen molar-refractivity contribution < 1.29 is 17.6 Å². The van der Waals surface area contributed by atoms with Gasteiger partial charge in [0.15, 0.2) is 4.96 Å². The van der Waals surface area contributed by atoms with Gasteiger partial charge in [0.1, 0.15) is 17.2 Å². The number of hydrazone groups is 1. The van der Waals surface area contributed by atoms with E-state index >= 15 is 0 Å². The van der Waals surface area contributed by atoms with Crippen LogP contribution in [0.1, 0.15) is 44.4 Å². The molecule has 0 fully saturated rings. The lowest BCUT2D eigenvalue weighted by Crippen LogP contribution is -2.30. The molecule has 0 unspecified atom stereocenters. The maximum atomic E-state index is 13.6. The van der Waals surface area contributed by atoms with Gasteiger partial charge in [0.2, 0.25) is 10.0 Å². The number of hydrogen-bond donors (Lipinski definition) is 1. The van der Waals surface area contributed by atoms with Crippen molar-refractivity contribution in [1.82, 2.24) is 19.1 Å². The van der Waals surface area contributed by atoms with E-state index in [0.717, 1.165) is 21.7 Å². The third-order valence-corrected chi connectivity index (χ3v) is 8.72. The number of furan rings is 1. The number of fused-ring (bicyclic) bond motifs is 1. The molecule has 5 aromatic rings. The SMILES string of the molecule is Cc1ccc(CN(Cc2ccc(/C=N\NC(=O)c3c(C)nc4sccn34)o2)S(=O)(=O)c2ccc(C)cc2)cc1. The van der Waals surface area contributed by atoms with Gasteiger partial charge in [-0.1, -0.05) is 47.5 Å². The van der Waals surface area contributed by atoms with Crippen molar-refractivity contribution in [1.29, 1.82) is 0 Å². The molecular weight excluding hydrogens is 534 g/mol. The number of aromatic nitrogens is 2. The Morgan fingerprint density at radius 3 is 2.44 bits per heavy atom. The van der Waals surface area contributed by atoms with Gasteiger partial charge in [-0.15, -0.1) is 11.3 Å². The van der Waals surface area contributed by atoms with Gasteiger partial charge in [0.25, 0.3) is 5.91 Å². The van der Waals surface area contributed by atoms with E-state index in [2.05, 4.69) is 15.5 Å². The fourth-order valence-corrected chi connectivity index (χ4v) is 6.23. The quantitative estimate of drug-likeness (QED) is 0.200.